The molecule has 2 heterocycles. The highest BCUT2D eigenvalue weighted by molar-refractivity contribution is 4.90. The van der Waals surface area contributed by atoms with E-state index in [2.05, 4.69) is 5.32 Å². The number of rotatable bonds is 1. The monoisotopic (exact) mass is 141 g/mol. The number of piperidine rings is 2. The van der Waals surface area contributed by atoms with Crippen LogP contribution in [-0.2, 0) is 0 Å². The van der Waals surface area contributed by atoms with E-state index in [-0.39, 0.29) is 0 Å². The third-order valence-electron chi connectivity index (χ3n) is 2.99. The Morgan fingerprint density at radius 1 is 1.40 bits per heavy atom. The Morgan fingerprint density at radius 2 is 2.30 bits per heavy atom. The fourth-order valence-electron chi connectivity index (χ4n) is 2.34. The van der Waals surface area contributed by atoms with Crippen LogP contribution in [0.25, 0.3) is 0 Å². The van der Waals surface area contributed by atoms with Crippen LogP contribution in [0.5, 0.6) is 0 Å². The van der Waals surface area contributed by atoms with E-state index >= 15 is 0 Å². The maximum atomic E-state index is 8.97. The van der Waals surface area contributed by atoms with Gasteiger partial charge in [0, 0.05) is 12.6 Å². The van der Waals surface area contributed by atoms with Crippen molar-refractivity contribution < 1.29 is 5.11 Å². The summed E-state index contributed by atoms with van der Waals surface area (Å²) in [7, 11) is 0. The average Bonchev–Trinajstić information content (AvgIpc) is 2.06. The zero-order chi connectivity index (χ0) is 6.97. The van der Waals surface area contributed by atoms with Gasteiger partial charge in [0.1, 0.15) is 0 Å². The summed E-state index contributed by atoms with van der Waals surface area (Å²) >= 11 is 0. The standard InChI is InChI=1S/C8H15NO/c10-5-7-3-6-1-2-8(7)9-4-6/h6-10H,1-5H2/t6-,7+,8-/m1/s1. The van der Waals surface area contributed by atoms with Gasteiger partial charge in [0.05, 0.1) is 0 Å². The van der Waals surface area contributed by atoms with Crippen molar-refractivity contribution in [3.8, 4) is 0 Å². The van der Waals surface area contributed by atoms with E-state index in [1.165, 1.54) is 25.8 Å². The first-order chi connectivity index (χ1) is 4.90. The Morgan fingerprint density at radius 3 is 2.60 bits per heavy atom. The highest BCUT2D eigenvalue weighted by Gasteiger charge is 2.34. The number of nitrogens with one attached hydrogen (secondary N) is 1. The first-order valence-electron chi connectivity index (χ1n) is 4.24. The van der Waals surface area contributed by atoms with E-state index < -0.39 is 0 Å². The van der Waals surface area contributed by atoms with Crippen LogP contribution in [0.15, 0.2) is 0 Å². The van der Waals surface area contributed by atoms with Crippen molar-refractivity contribution in [2.24, 2.45) is 11.8 Å². The molecule has 0 radical (unpaired) electrons. The summed E-state index contributed by atoms with van der Waals surface area (Å²) in [6.45, 7) is 1.58. The maximum Gasteiger partial charge on any atom is 0.0474 e. The minimum Gasteiger partial charge on any atom is -0.396 e. The molecule has 0 spiro atoms. The molecule has 2 N–H and O–H groups in total. The predicted octanol–water partition coefficient (Wildman–Crippen LogP) is 0.367. The average molecular weight is 141 g/mol. The SMILES string of the molecule is OC[C@@H]1C[C@H]2CC[C@H]1NC2. The van der Waals surface area contributed by atoms with Gasteiger partial charge >= 0.3 is 0 Å². The van der Waals surface area contributed by atoms with Crippen LogP contribution in [0, 0.1) is 11.8 Å². The third-order valence-corrected chi connectivity index (χ3v) is 2.99. The highest BCUT2D eigenvalue weighted by atomic mass is 16.3. The lowest BCUT2D eigenvalue weighted by atomic mass is 9.74. The molecular formula is C8H15NO. The minimum atomic E-state index is 0.383. The Bertz CT molecular complexity index is 118. The van der Waals surface area contributed by atoms with Gasteiger partial charge in [-0.3, -0.25) is 0 Å². The zero-order valence-corrected chi connectivity index (χ0v) is 6.21. The van der Waals surface area contributed by atoms with Crippen molar-refractivity contribution >= 4 is 0 Å². The first-order valence-corrected chi connectivity index (χ1v) is 4.24. The lowest BCUT2D eigenvalue weighted by Crippen LogP contribution is -2.51. The van der Waals surface area contributed by atoms with Crippen molar-refractivity contribution in [3.05, 3.63) is 0 Å². The summed E-state index contributed by atoms with van der Waals surface area (Å²) in [5, 5.41) is 12.4. The van der Waals surface area contributed by atoms with Gasteiger partial charge in [-0.25, -0.2) is 0 Å². The molecule has 2 nitrogen and oxygen atoms in total. The fourth-order valence-corrected chi connectivity index (χ4v) is 2.34. The summed E-state index contributed by atoms with van der Waals surface area (Å²) in [5.74, 6) is 1.43. The largest absolute Gasteiger partial charge is 0.396 e. The van der Waals surface area contributed by atoms with Gasteiger partial charge in [-0.05, 0) is 37.6 Å². The Hall–Kier alpha value is -0.0800. The molecule has 10 heavy (non-hydrogen) atoms. The summed E-state index contributed by atoms with van der Waals surface area (Å²) in [5.41, 5.74) is 0. The number of hydrogen-bond acceptors (Lipinski definition) is 2. The molecule has 0 amide bonds. The van der Waals surface area contributed by atoms with Crippen molar-refractivity contribution in [1.29, 1.82) is 0 Å². The molecule has 2 aliphatic heterocycles. The van der Waals surface area contributed by atoms with Crippen LogP contribution in [-0.4, -0.2) is 24.3 Å². The number of hydrogen-bond donors (Lipinski definition) is 2. The lowest BCUT2D eigenvalue weighted by Gasteiger charge is -2.42. The van der Waals surface area contributed by atoms with Gasteiger partial charge in [-0.2, -0.15) is 0 Å². The van der Waals surface area contributed by atoms with Crippen molar-refractivity contribution in [2.75, 3.05) is 13.2 Å². The quantitative estimate of drug-likeness (QED) is 0.553. The second-order valence-corrected chi connectivity index (χ2v) is 3.64. The molecule has 3 aliphatic rings. The van der Waals surface area contributed by atoms with Gasteiger partial charge < -0.3 is 10.4 Å². The minimum absolute atomic E-state index is 0.383. The van der Waals surface area contributed by atoms with Crippen molar-refractivity contribution in [1.82, 2.24) is 5.32 Å². The molecule has 0 aromatic heterocycles. The van der Waals surface area contributed by atoms with E-state index in [4.69, 9.17) is 5.11 Å². The molecule has 0 unspecified atom stereocenters. The van der Waals surface area contributed by atoms with Gasteiger partial charge in [0.25, 0.3) is 0 Å². The van der Waals surface area contributed by atoms with Gasteiger partial charge in [-0.15, -0.1) is 0 Å². The normalized spacial score (nSPS) is 45.9. The second kappa shape index (κ2) is 2.51. The summed E-state index contributed by atoms with van der Waals surface area (Å²) < 4.78 is 0. The van der Waals surface area contributed by atoms with Crippen molar-refractivity contribution in [2.45, 2.75) is 25.3 Å². The van der Waals surface area contributed by atoms with Crippen LogP contribution in [0.3, 0.4) is 0 Å². The van der Waals surface area contributed by atoms with Gasteiger partial charge in [-0.1, -0.05) is 0 Å². The zero-order valence-electron chi connectivity index (χ0n) is 6.21. The van der Waals surface area contributed by atoms with Crippen LogP contribution in [0.1, 0.15) is 19.3 Å². The molecule has 1 aliphatic carbocycles. The third kappa shape index (κ3) is 0.956. The molecule has 3 atom stereocenters. The van der Waals surface area contributed by atoms with Crippen LogP contribution >= 0.6 is 0 Å². The Labute approximate surface area is 61.6 Å². The van der Waals surface area contributed by atoms with E-state index in [1.54, 1.807) is 0 Å². The Balaban J connectivity index is 2.01. The van der Waals surface area contributed by atoms with E-state index in [0.717, 1.165) is 5.92 Å². The molecular weight excluding hydrogens is 126 g/mol. The molecule has 3 rings (SSSR count). The maximum absolute atomic E-state index is 8.97. The first kappa shape index (κ1) is 6.62. The molecule has 1 saturated carbocycles. The van der Waals surface area contributed by atoms with Crippen LogP contribution < -0.4 is 5.32 Å². The molecule has 0 aromatic carbocycles. The van der Waals surface area contributed by atoms with Crippen LogP contribution in [0.4, 0.5) is 0 Å². The number of aliphatic hydroxyl groups is 1. The molecule has 2 heteroatoms. The fraction of sp³-hybridized carbons (Fsp3) is 1.00. The molecule has 2 bridgehead atoms. The molecule has 0 aromatic rings. The van der Waals surface area contributed by atoms with Gasteiger partial charge in [0.15, 0.2) is 0 Å². The predicted molar refractivity (Wildman–Crippen MR) is 39.7 cm³/mol. The number of fused-ring (bicyclic) bond motifs is 3. The highest BCUT2D eigenvalue weighted by Crippen LogP contribution is 2.32. The molecule has 3 fully saturated rings. The summed E-state index contributed by atoms with van der Waals surface area (Å²) in [4.78, 5) is 0. The second-order valence-electron chi connectivity index (χ2n) is 3.64. The smallest absolute Gasteiger partial charge is 0.0474 e. The molecule has 58 valence electrons. The Kier molecular flexibility index (Phi) is 1.66. The van der Waals surface area contributed by atoms with Crippen LogP contribution in [0.2, 0.25) is 0 Å². The molecule has 2 saturated heterocycles. The lowest BCUT2D eigenvalue weighted by molar-refractivity contribution is 0.0845. The summed E-state index contributed by atoms with van der Waals surface area (Å²) in [6.07, 6.45) is 3.93. The van der Waals surface area contributed by atoms with E-state index in [9.17, 15) is 0 Å². The van der Waals surface area contributed by atoms with Gasteiger partial charge in [0.2, 0.25) is 0 Å². The van der Waals surface area contributed by atoms with E-state index in [1.807, 2.05) is 0 Å². The summed E-state index contributed by atoms with van der Waals surface area (Å²) in [6, 6.07) is 0.634. The van der Waals surface area contributed by atoms with E-state index in [0.29, 0.717) is 18.6 Å². The number of aliphatic hydroxyl groups excluding tert-OH is 1. The topological polar surface area (TPSA) is 32.3 Å². The van der Waals surface area contributed by atoms with Crippen molar-refractivity contribution in [3.63, 3.8) is 0 Å².